The van der Waals surface area contributed by atoms with Gasteiger partial charge in [0, 0.05) is 16.3 Å². The molecule has 0 spiro atoms. The second kappa shape index (κ2) is 7.52. The molecule has 7 nitrogen and oxygen atoms in total. The molecule has 31 heavy (non-hydrogen) atoms. The van der Waals surface area contributed by atoms with Gasteiger partial charge in [-0.15, -0.1) is 0 Å². The number of aliphatic hydroxyl groups is 1. The van der Waals surface area contributed by atoms with Crippen LogP contribution >= 0.6 is 11.6 Å². The van der Waals surface area contributed by atoms with E-state index >= 15 is 0 Å². The van der Waals surface area contributed by atoms with Crippen molar-refractivity contribution in [2.75, 3.05) is 18.1 Å². The zero-order chi connectivity index (χ0) is 21.5. The SMILES string of the molecule is O=C1C(=O)N(c2ccc(Cl)cc2)C(c2ccco2)/C1=C(/O)c1ccc2c(c1)OCCO2. The van der Waals surface area contributed by atoms with E-state index in [1.54, 1.807) is 54.6 Å². The summed E-state index contributed by atoms with van der Waals surface area (Å²) >= 11 is 5.98. The van der Waals surface area contributed by atoms with E-state index in [-0.39, 0.29) is 11.3 Å². The number of ketones is 1. The lowest BCUT2D eigenvalue weighted by atomic mass is 9.99. The number of nitrogens with zero attached hydrogens (tertiary/aromatic N) is 1. The van der Waals surface area contributed by atoms with Crippen LogP contribution < -0.4 is 14.4 Å². The maximum atomic E-state index is 13.0. The van der Waals surface area contributed by atoms with E-state index in [9.17, 15) is 14.7 Å². The number of ether oxygens (including phenoxy) is 2. The number of rotatable bonds is 3. The largest absolute Gasteiger partial charge is 0.507 e. The molecule has 1 atom stereocenters. The summed E-state index contributed by atoms with van der Waals surface area (Å²) in [7, 11) is 0. The first-order chi connectivity index (χ1) is 15.0. The van der Waals surface area contributed by atoms with Crippen molar-refractivity contribution in [2.24, 2.45) is 0 Å². The molecule has 5 rings (SSSR count). The lowest BCUT2D eigenvalue weighted by molar-refractivity contribution is -0.132. The first-order valence-corrected chi connectivity index (χ1v) is 9.92. The fourth-order valence-corrected chi connectivity index (χ4v) is 3.89. The van der Waals surface area contributed by atoms with E-state index < -0.39 is 17.7 Å². The van der Waals surface area contributed by atoms with Crippen LogP contribution in [0.25, 0.3) is 5.76 Å². The van der Waals surface area contributed by atoms with Gasteiger partial charge in [-0.3, -0.25) is 14.5 Å². The standard InChI is InChI=1S/C23H16ClNO6/c24-14-4-6-15(7-5-14)25-20(17-2-1-9-29-17)19(22(27)23(25)28)21(26)13-3-8-16-18(12-13)31-11-10-30-16/h1-9,12,20,26H,10-11H2/b21-19-. The highest BCUT2D eigenvalue weighted by Crippen LogP contribution is 2.43. The molecule has 1 aromatic heterocycles. The monoisotopic (exact) mass is 437 g/mol. The molecule has 0 radical (unpaired) electrons. The first kappa shape index (κ1) is 19.3. The van der Waals surface area contributed by atoms with Gasteiger partial charge in [-0.05, 0) is 54.6 Å². The van der Waals surface area contributed by atoms with Crippen LogP contribution in [0.15, 0.2) is 70.9 Å². The Hall–Kier alpha value is -3.71. The summed E-state index contributed by atoms with van der Waals surface area (Å²) in [6.07, 6.45) is 1.45. The van der Waals surface area contributed by atoms with Crippen LogP contribution in [0.4, 0.5) is 5.69 Å². The van der Waals surface area contributed by atoms with E-state index in [2.05, 4.69) is 0 Å². The third kappa shape index (κ3) is 3.23. The maximum absolute atomic E-state index is 13.0. The van der Waals surface area contributed by atoms with Crippen molar-refractivity contribution in [1.82, 2.24) is 0 Å². The molecule has 1 unspecified atom stereocenters. The Morgan fingerprint density at radius 1 is 1.00 bits per heavy atom. The van der Waals surface area contributed by atoms with Gasteiger partial charge in [-0.1, -0.05) is 11.6 Å². The van der Waals surface area contributed by atoms with Crippen LogP contribution in [-0.4, -0.2) is 30.0 Å². The third-order valence-electron chi connectivity index (χ3n) is 5.18. The zero-order valence-corrected chi connectivity index (χ0v) is 16.8. The number of hydrogen-bond acceptors (Lipinski definition) is 6. The van der Waals surface area contributed by atoms with Gasteiger partial charge < -0.3 is 19.0 Å². The molecule has 1 fully saturated rings. The van der Waals surface area contributed by atoms with Crippen LogP contribution in [0, 0.1) is 0 Å². The normalized spacial score (nSPS) is 19.6. The average molecular weight is 438 g/mol. The van der Waals surface area contributed by atoms with Gasteiger partial charge in [0.15, 0.2) is 11.5 Å². The summed E-state index contributed by atoms with van der Waals surface area (Å²) in [5.41, 5.74) is 0.704. The predicted octanol–water partition coefficient (Wildman–Crippen LogP) is 4.33. The van der Waals surface area contributed by atoms with Crippen LogP contribution in [0.1, 0.15) is 17.4 Å². The quantitative estimate of drug-likeness (QED) is 0.372. The van der Waals surface area contributed by atoms with Crippen molar-refractivity contribution < 1.29 is 28.6 Å². The van der Waals surface area contributed by atoms with Gasteiger partial charge in [0.25, 0.3) is 11.7 Å². The summed E-state index contributed by atoms with van der Waals surface area (Å²) in [6, 6.07) is 13.7. The minimum atomic E-state index is -0.940. The highest BCUT2D eigenvalue weighted by atomic mass is 35.5. The molecule has 2 aliphatic heterocycles. The smallest absolute Gasteiger partial charge is 0.300 e. The number of aliphatic hydroxyl groups excluding tert-OH is 1. The van der Waals surface area contributed by atoms with Crippen molar-refractivity contribution in [2.45, 2.75) is 6.04 Å². The van der Waals surface area contributed by atoms with Crippen molar-refractivity contribution in [3.05, 3.63) is 82.8 Å². The van der Waals surface area contributed by atoms with Crippen molar-refractivity contribution in [3.8, 4) is 11.5 Å². The number of carbonyl (C=O) groups excluding carboxylic acids is 2. The van der Waals surface area contributed by atoms with Crippen molar-refractivity contribution in [3.63, 3.8) is 0 Å². The molecule has 0 aliphatic carbocycles. The molecule has 0 bridgehead atoms. The Morgan fingerprint density at radius 3 is 2.45 bits per heavy atom. The van der Waals surface area contributed by atoms with Crippen LogP contribution in [0.2, 0.25) is 5.02 Å². The van der Waals surface area contributed by atoms with E-state index in [4.69, 9.17) is 25.5 Å². The fraction of sp³-hybridized carbons (Fsp3) is 0.130. The van der Waals surface area contributed by atoms with Gasteiger partial charge in [0.05, 0.1) is 11.8 Å². The summed E-state index contributed by atoms with van der Waals surface area (Å²) in [5.74, 6) is -0.572. The number of Topliss-reactive ketones (excluding diaryl/α,β-unsaturated/α-hetero) is 1. The number of furan rings is 1. The minimum Gasteiger partial charge on any atom is -0.507 e. The third-order valence-corrected chi connectivity index (χ3v) is 5.43. The Labute approximate surface area is 182 Å². The molecule has 3 heterocycles. The van der Waals surface area contributed by atoms with Gasteiger partial charge in [-0.25, -0.2) is 0 Å². The van der Waals surface area contributed by atoms with E-state index in [0.717, 1.165) is 0 Å². The molecular formula is C23H16ClNO6. The highest BCUT2D eigenvalue weighted by molar-refractivity contribution is 6.51. The van der Waals surface area contributed by atoms with Crippen LogP contribution in [0.5, 0.6) is 11.5 Å². The van der Waals surface area contributed by atoms with Gasteiger partial charge in [0.2, 0.25) is 0 Å². The number of fused-ring (bicyclic) bond motifs is 1. The molecule has 156 valence electrons. The number of benzene rings is 2. The molecule has 1 saturated heterocycles. The molecule has 0 saturated carbocycles. The molecule has 3 aromatic rings. The topological polar surface area (TPSA) is 89.2 Å². The molecule has 2 aliphatic rings. The molecular weight excluding hydrogens is 422 g/mol. The Morgan fingerprint density at radius 2 is 1.74 bits per heavy atom. The molecule has 1 N–H and O–H groups in total. The number of amides is 1. The van der Waals surface area contributed by atoms with Gasteiger partial charge in [0.1, 0.15) is 30.8 Å². The van der Waals surface area contributed by atoms with E-state index in [0.29, 0.717) is 46.7 Å². The van der Waals surface area contributed by atoms with Crippen LogP contribution in [0.3, 0.4) is 0 Å². The number of hydrogen-bond donors (Lipinski definition) is 1. The minimum absolute atomic E-state index is 0.0772. The van der Waals surface area contributed by atoms with Crippen LogP contribution in [-0.2, 0) is 9.59 Å². The van der Waals surface area contributed by atoms with E-state index in [1.807, 2.05) is 0 Å². The van der Waals surface area contributed by atoms with Gasteiger partial charge >= 0.3 is 0 Å². The predicted molar refractivity (Wildman–Crippen MR) is 112 cm³/mol. The number of halogens is 1. The van der Waals surface area contributed by atoms with Crippen molar-refractivity contribution >= 4 is 34.7 Å². The zero-order valence-electron chi connectivity index (χ0n) is 16.1. The maximum Gasteiger partial charge on any atom is 0.300 e. The molecule has 8 heteroatoms. The lowest BCUT2D eigenvalue weighted by Gasteiger charge is -2.23. The summed E-state index contributed by atoms with van der Waals surface area (Å²) < 4.78 is 16.6. The molecule has 1 amide bonds. The lowest BCUT2D eigenvalue weighted by Crippen LogP contribution is -2.29. The summed E-state index contributed by atoms with van der Waals surface area (Å²) in [5, 5.41) is 11.6. The average Bonchev–Trinajstić information content (AvgIpc) is 3.41. The second-order valence-electron chi connectivity index (χ2n) is 7.02. The number of carbonyl (C=O) groups is 2. The Bertz CT molecular complexity index is 1200. The number of anilines is 1. The van der Waals surface area contributed by atoms with E-state index in [1.165, 1.54) is 11.2 Å². The first-order valence-electron chi connectivity index (χ1n) is 9.54. The van der Waals surface area contributed by atoms with Crippen molar-refractivity contribution in [1.29, 1.82) is 0 Å². The highest BCUT2D eigenvalue weighted by Gasteiger charge is 2.48. The Kier molecular flexibility index (Phi) is 4.67. The Balaban J connectivity index is 1.66. The van der Waals surface area contributed by atoms with Gasteiger partial charge in [-0.2, -0.15) is 0 Å². The second-order valence-corrected chi connectivity index (χ2v) is 7.46. The summed E-state index contributed by atoms with van der Waals surface area (Å²) in [6.45, 7) is 0.813. The molecule has 2 aromatic carbocycles. The summed E-state index contributed by atoms with van der Waals surface area (Å²) in [4.78, 5) is 27.3. The fourth-order valence-electron chi connectivity index (χ4n) is 3.76.